The van der Waals surface area contributed by atoms with Crippen LogP contribution >= 0.6 is 27.3 Å². The number of benzene rings is 1. The number of anilines is 1. The van der Waals surface area contributed by atoms with Crippen LogP contribution in [0.15, 0.2) is 22.0 Å². The van der Waals surface area contributed by atoms with Crippen LogP contribution in [0, 0.1) is 0 Å². The minimum atomic E-state index is 0.654. The molecule has 1 aromatic carbocycles. The molecule has 1 aromatic heterocycles. The van der Waals surface area contributed by atoms with E-state index in [4.69, 9.17) is 5.73 Å². The summed E-state index contributed by atoms with van der Waals surface area (Å²) in [5.41, 5.74) is 7.09. The second-order valence-electron chi connectivity index (χ2n) is 2.65. The van der Waals surface area contributed by atoms with Crippen molar-refractivity contribution in [2.24, 2.45) is 0 Å². The van der Waals surface area contributed by atoms with Gasteiger partial charge in [-0.05, 0) is 28.1 Å². The SMILES string of the molecule is Nc1ccc(Br)c2scc(C=O)c12. The van der Waals surface area contributed by atoms with Gasteiger partial charge in [-0.3, -0.25) is 4.79 Å². The second kappa shape index (κ2) is 3.12. The van der Waals surface area contributed by atoms with Crippen LogP contribution in [0.4, 0.5) is 5.69 Å². The van der Waals surface area contributed by atoms with Gasteiger partial charge in [0.05, 0.1) is 4.70 Å². The van der Waals surface area contributed by atoms with Gasteiger partial charge in [-0.1, -0.05) is 0 Å². The monoisotopic (exact) mass is 255 g/mol. The first-order valence-corrected chi connectivity index (χ1v) is 5.31. The zero-order valence-corrected chi connectivity index (χ0v) is 8.98. The molecule has 0 unspecified atom stereocenters. The topological polar surface area (TPSA) is 43.1 Å². The summed E-state index contributed by atoms with van der Waals surface area (Å²) in [4.78, 5) is 10.7. The van der Waals surface area contributed by atoms with Gasteiger partial charge >= 0.3 is 0 Å². The fourth-order valence-electron chi connectivity index (χ4n) is 1.25. The summed E-state index contributed by atoms with van der Waals surface area (Å²) in [7, 11) is 0. The highest BCUT2D eigenvalue weighted by Crippen LogP contribution is 2.35. The Bertz CT molecular complexity index is 478. The minimum Gasteiger partial charge on any atom is -0.398 e. The Labute approximate surface area is 87.5 Å². The van der Waals surface area contributed by atoms with E-state index in [2.05, 4.69) is 15.9 Å². The van der Waals surface area contributed by atoms with Crippen molar-refractivity contribution < 1.29 is 4.79 Å². The number of halogens is 1. The van der Waals surface area contributed by atoms with Crippen molar-refractivity contribution in [3.63, 3.8) is 0 Å². The molecule has 66 valence electrons. The molecule has 2 N–H and O–H groups in total. The summed E-state index contributed by atoms with van der Waals surface area (Å²) < 4.78 is 2.01. The van der Waals surface area contributed by atoms with Gasteiger partial charge in [0.25, 0.3) is 0 Å². The third kappa shape index (κ3) is 1.26. The average molecular weight is 256 g/mol. The standard InChI is InChI=1S/C9H6BrNOS/c10-6-1-2-7(11)8-5(3-12)4-13-9(6)8/h1-4H,11H2. The summed E-state index contributed by atoms with van der Waals surface area (Å²) in [5.74, 6) is 0. The molecule has 0 radical (unpaired) electrons. The Morgan fingerprint density at radius 2 is 2.23 bits per heavy atom. The van der Waals surface area contributed by atoms with Gasteiger partial charge in [-0.15, -0.1) is 11.3 Å². The predicted octanol–water partition coefficient (Wildman–Crippen LogP) is 3.06. The number of carbonyl (C=O) groups is 1. The molecule has 0 atom stereocenters. The lowest BCUT2D eigenvalue weighted by Crippen LogP contribution is -1.87. The van der Waals surface area contributed by atoms with Crippen LogP contribution in [-0.4, -0.2) is 6.29 Å². The first-order valence-electron chi connectivity index (χ1n) is 3.64. The molecule has 0 aliphatic rings. The van der Waals surface area contributed by atoms with Gasteiger partial charge in [-0.25, -0.2) is 0 Å². The van der Waals surface area contributed by atoms with Crippen LogP contribution in [0.1, 0.15) is 10.4 Å². The zero-order chi connectivity index (χ0) is 9.42. The van der Waals surface area contributed by atoms with E-state index in [0.717, 1.165) is 20.8 Å². The largest absolute Gasteiger partial charge is 0.398 e. The Kier molecular flexibility index (Phi) is 2.09. The lowest BCUT2D eigenvalue weighted by Gasteiger charge is -1.98. The molecule has 2 nitrogen and oxygen atoms in total. The third-order valence-corrected chi connectivity index (χ3v) is 3.82. The van der Waals surface area contributed by atoms with Crippen LogP contribution in [0.3, 0.4) is 0 Å². The van der Waals surface area contributed by atoms with Gasteiger partial charge in [0.2, 0.25) is 0 Å². The number of nitrogens with two attached hydrogens (primary N) is 1. The average Bonchev–Trinajstić information content (AvgIpc) is 2.56. The van der Waals surface area contributed by atoms with E-state index < -0.39 is 0 Å². The summed E-state index contributed by atoms with van der Waals surface area (Å²) in [6.07, 6.45) is 0.835. The molecule has 0 spiro atoms. The van der Waals surface area contributed by atoms with Crippen LogP contribution in [0.5, 0.6) is 0 Å². The number of carbonyl (C=O) groups excluding carboxylic acids is 1. The molecular weight excluding hydrogens is 250 g/mol. The van der Waals surface area contributed by atoms with E-state index >= 15 is 0 Å². The van der Waals surface area contributed by atoms with Crippen molar-refractivity contribution in [1.82, 2.24) is 0 Å². The zero-order valence-electron chi connectivity index (χ0n) is 6.58. The number of nitrogen functional groups attached to an aromatic ring is 1. The molecule has 0 aliphatic heterocycles. The Morgan fingerprint density at radius 3 is 2.92 bits per heavy atom. The molecule has 0 saturated carbocycles. The van der Waals surface area contributed by atoms with E-state index in [9.17, 15) is 4.79 Å². The van der Waals surface area contributed by atoms with Crippen molar-refractivity contribution in [1.29, 1.82) is 0 Å². The lowest BCUT2D eigenvalue weighted by atomic mass is 10.1. The van der Waals surface area contributed by atoms with E-state index in [1.165, 1.54) is 11.3 Å². The fourth-order valence-corrected chi connectivity index (χ4v) is 2.82. The Morgan fingerprint density at radius 1 is 1.46 bits per heavy atom. The number of hydrogen-bond donors (Lipinski definition) is 1. The van der Waals surface area contributed by atoms with Crippen molar-refractivity contribution in [3.05, 3.63) is 27.5 Å². The normalized spacial score (nSPS) is 10.5. The number of fused-ring (bicyclic) bond motifs is 1. The Hall–Kier alpha value is -0.870. The van der Waals surface area contributed by atoms with Crippen LogP contribution in [0.25, 0.3) is 10.1 Å². The number of hydrogen-bond acceptors (Lipinski definition) is 3. The van der Waals surface area contributed by atoms with E-state index in [1.807, 2.05) is 11.4 Å². The van der Waals surface area contributed by atoms with Crippen LogP contribution in [-0.2, 0) is 0 Å². The van der Waals surface area contributed by atoms with E-state index in [0.29, 0.717) is 11.3 Å². The van der Waals surface area contributed by atoms with Gasteiger partial charge < -0.3 is 5.73 Å². The summed E-state index contributed by atoms with van der Waals surface area (Å²) in [6, 6.07) is 3.69. The maximum atomic E-state index is 10.7. The number of aldehydes is 1. The van der Waals surface area contributed by atoms with Crippen molar-refractivity contribution in [2.75, 3.05) is 5.73 Å². The minimum absolute atomic E-state index is 0.654. The number of rotatable bonds is 1. The van der Waals surface area contributed by atoms with Crippen molar-refractivity contribution in [3.8, 4) is 0 Å². The molecule has 1 heterocycles. The maximum absolute atomic E-state index is 10.7. The van der Waals surface area contributed by atoms with Crippen LogP contribution < -0.4 is 5.73 Å². The smallest absolute Gasteiger partial charge is 0.151 e. The molecule has 4 heteroatoms. The Balaban J connectivity index is 2.95. The summed E-state index contributed by atoms with van der Waals surface area (Å²) >= 11 is 4.93. The molecule has 2 rings (SSSR count). The van der Waals surface area contributed by atoms with Gasteiger partial charge in [0, 0.05) is 26.5 Å². The molecule has 0 saturated heterocycles. The molecule has 0 amide bonds. The van der Waals surface area contributed by atoms with Gasteiger partial charge in [-0.2, -0.15) is 0 Å². The highest BCUT2D eigenvalue weighted by atomic mass is 79.9. The second-order valence-corrected chi connectivity index (χ2v) is 4.38. The fraction of sp³-hybridized carbons (Fsp3) is 0. The third-order valence-electron chi connectivity index (χ3n) is 1.86. The van der Waals surface area contributed by atoms with Gasteiger partial charge in [0.1, 0.15) is 0 Å². The van der Waals surface area contributed by atoms with E-state index in [1.54, 1.807) is 6.07 Å². The highest BCUT2D eigenvalue weighted by molar-refractivity contribution is 9.10. The summed E-state index contributed by atoms with van der Waals surface area (Å²) in [5, 5.41) is 2.67. The molecule has 2 aromatic rings. The highest BCUT2D eigenvalue weighted by Gasteiger charge is 2.08. The quantitative estimate of drug-likeness (QED) is 0.629. The predicted molar refractivity (Wildman–Crippen MR) is 59.3 cm³/mol. The molecule has 13 heavy (non-hydrogen) atoms. The molecule has 0 aliphatic carbocycles. The first kappa shape index (κ1) is 8.72. The van der Waals surface area contributed by atoms with Gasteiger partial charge in [0.15, 0.2) is 6.29 Å². The van der Waals surface area contributed by atoms with Crippen molar-refractivity contribution in [2.45, 2.75) is 0 Å². The van der Waals surface area contributed by atoms with Crippen molar-refractivity contribution >= 4 is 49.3 Å². The summed E-state index contributed by atoms with van der Waals surface area (Å²) in [6.45, 7) is 0. The lowest BCUT2D eigenvalue weighted by molar-refractivity contribution is 0.112. The molecule has 0 fully saturated rings. The maximum Gasteiger partial charge on any atom is 0.151 e. The molecule has 0 bridgehead atoms. The first-order chi connectivity index (χ1) is 6.24. The molecular formula is C9H6BrNOS. The number of thiophene rings is 1. The van der Waals surface area contributed by atoms with E-state index in [-0.39, 0.29) is 0 Å². The van der Waals surface area contributed by atoms with Crippen LogP contribution in [0.2, 0.25) is 0 Å².